The molecule has 2 heterocycles. The highest BCUT2D eigenvalue weighted by Gasteiger charge is 2.33. The normalized spacial score (nSPS) is 29.4. The zero-order valence-electron chi connectivity index (χ0n) is 7.49. The van der Waals surface area contributed by atoms with Gasteiger partial charge in [0.05, 0.1) is 12.1 Å². The first-order valence-electron chi connectivity index (χ1n) is 4.59. The van der Waals surface area contributed by atoms with Gasteiger partial charge in [0, 0.05) is 19.0 Å². The molecule has 1 aliphatic heterocycles. The van der Waals surface area contributed by atoms with Crippen LogP contribution in [0.1, 0.15) is 19.8 Å². The molecule has 1 unspecified atom stereocenters. The third-order valence-electron chi connectivity index (χ3n) is 2.89. The standard InChI is InChI=1S/C10H15NO/c1-2-10(5-8-12-9-10)11-6-3-4-7-11/h3-4,6-7H,2,5,8-9H2,1H3. The molecule has 0 aromatic carbocycles. The average molecular weight is 165 g/mol. The maximum atomic E-state index is 5.45. The Bertz CT molecular complexity index is 234. The molecule has 1 aromatic heterocycles. The van der Waals surface area contributed by atoms with Crippen molar-refractivity contribution < 1.29 is 4.74 Å². The second kappa shape index (κ2) is 2.94. The van der Waals surface area contributed by atoms with Crippen LogP contribution >= 0.6 is 0 Å². The van der Waals surface area contributed by atoms with E-state index in [1.165, 1.54) is 0 Å². The van der Waals surface area contributed by atoms with Gasteiger partial charge in [0.25, 0.3) is 0 Å². The van der Waals surface area contributed by atoms with Gasteiger partial charge < -0.3 is 9.30 Å². The van der Waals surface area contributed by atoms with Gasteiger partial charge in [0.15, 0.2) is 0 Å². The van der Waals surface area contributed by atoms with Crippen LogP contribution in [0.15, 0.2) is 24.5 Å². The highest BCUT2D eigenvalue weighted by Crippen LogP contribution is 2.30. The van der Waals surface area contributed by atoms with Crippen LogP contribution < -0.4 is 0 Å². The Morgan fingerprint density at radius 1 is 1.42 bits per heavy atom. The van der Waals surface area contributed by atoms with Crippen LogP contribution in [0.5, 0.6) is 0 Å². The van der Waals surface area contributed by atoms with Gasteiger partial charge in [-0.3, -0.25) is 0 Å². The highest BCUT2D eigenvalue weighted by atomic mass is 16.5. The van der Waals surface area contributed by atoms with Gasteiger partial charge in [0.1, 0.15) is 0 Å². The quantitative estimate of drug-likeness (QED) is 0.654. The van der Waals surface area contributed by atoms with Crippen LogP contribution in [0.25, 0.3) is 0 Å². The summed E-state index contributed by atoms with van der Waals surface area (Å²) in [5, 5.41) is 0. The van der Waals surface area contributed by atoms with Crippen LogP contribution in [0.2, 0.25) is 0 Å². The molecule has 0 radical (unpaired) electrons. The zero-order chi connectivity index (χ0) is 8.44. The van der Waals surface area contributed by atoms with E-state index in [9.17, 15) is 0 Å². The van der Waals surface area contributed by atoms with Gasteiger partial charge >= 0.3 is 0 Å². The summed E-state index contributed by atoms with van der Waals surface area (Å²) >= 11 is 0. The fourth-order valence-corrected chi connectivity index (χ4v) is 1.91. The molecule has 0 aliphatic carbocycles. The molecule has 12 heavy (non-hydrogen) atoms. The maximum Gasteiger partial charge on any atom is 0.0702 e. The first kappa shape index (κ1) is 7.87. The van der Waals surface area contributed by atoms with Crippen molar-refractivity contribution in [2.45, 2.75) is 25.3 Å². The van der Waals surface area contributed by atoms with E-state index in [0.717, 1.165) is 26.1 Å². The highest BCUT2D eigenvalue weighted by molar-refractivity contribution is 5.00. The Morgan fingerprint density at radius 2 is 2.17 bits per heavy atom. The van der Waals surface area contributed by atoms with Crippen molar-refractivity contribution in [1.29, 1.82) is 0 Å². The fraction of sp³-hybridized carbons (Fsp3) is 0.600. The van der Waals surface area contributed by atoms with Crippen molar-refractivity contribution in [3.05, 3.63) is 24.5 Å². The van der Waals surface area contributed by atoms with Crippen LogP contribution in [-0.4, -0.2) is 17.8 Å². The van der Waals surface area contributed by atoms with E-state index in [2.05, 4.69) is 36.0 Å². The lowest BCUT2D eigenvalue weighted by Gasteiger charge is -2.27. The lowest BCUT2D eigenvalue weighted by Crippen LogP contribution is -2.32. The molecular formula is C10H15NO. The molecule has 0 N–H and O–H groups in total. The molecule has 2 nitrogen and oxygen atoms in total. The summed E-state index contributed by atoms with van der Waals surface area (Å²) in [5.74, 6) is 0. The number of hydrogen-bond acceptors (Lipinski definition) is 1. The molecule has 1 fully saturated rings. The average Bonchev–Trinajstić information content (AvgIpc) is 2.76. The van der Waals surface area contributed by atoms with Crippen molar-refractivity contribution in [3.63, 3.8) is 0 Å². The lowest BCUT2D eigenvalue weighted by molar-refractivity contribution is 0.151. The first-order valence-corrected chi connectivity index (χ1v) is 4.59. The lowest BCUT2D eigenvalue weighted by atomic mass is 9.95. The predicted octanol–water partition coefficient (Wildman–Crippen LogP) is 2.01. The zero-order valence-corrected chi connectivity index (χ0v) is 7.49. The molecule has 2 rings (SSSR count). The van der Waals surface area contributed by atoms with Crippen LogP contribution in [0.3, 0.4) is 0 Å². The molecule has 2 heteroatoms. The predicted molar refractivity (Wildman–Crippen MR) is 48.1 cm³/mol. The van der Waals surface area contributed by atoms with Gasteiger partial charge in [-0.15, -0.1) is 0 Å². The molecule has 0 amide bonds. The van der Waals surface area contributed by atoms with Crippen molar-refractivity contribution >= 4 is 0 Å². The maximum absolute atomic E-state index is 5.45. The second-order valence-electron chi connectivity index (χ2n) is 3.47. The smallest absolute Gasteiger partial charge is 0.0702 e. The van der Waals surface area contributed by atoms with Crippen molar-refractivity contribution in [2.24, 2.45) is 0 Å². The largest absolute Gasteiger partial charge is 0.379 e. The Morgan fingerprint density at radius 3 is 2.67 bits per heavy atom. The minimum absolute atomic E-state index is 0.253. The summed E-state index contributed by atoms with van der Waals surface area (Å²) in [6.07, 6.45) is 6.58. The van der Waals surface area contributed by atoms with Gasteiger partial charge in [-0.05, 0) is 25.0 Å². The number of ether oxygens (including phenoxy) is 1. The molecule has 1 aromatic rings. The fourth-order valence-electron chi connectivity index (χ4n) is 1.91. The summed E-state index contributed by atoms with van der Waals surface area (Å²) in [6.45, 7) is 4.01. The molecule has 0 spiro atoms. The molecule has 1 saturated heterocycles. The van der Waals surface area contributed by atoms with Crippen molar-refractivity contribution in [1.82, 2.24) is 4.57 Å². The van der Waals surface area contributed by atoms with Crippen molar-refractivity contribution in [3.8, 4) is 0 Å². The summed E-state index contributed by atoms with van der Waals surface area (Å²) in [5.41, 5.74) is 0.253. The van der Waals surface area contributed by atoms with Gasteiger partial charge in [-0.25, -0.2) is 0 Å². The number of nitrogens with zero attached hydrogens (tertiary/aromatic N) is 1. The minimum Gasteiger partial charge on any atom is -0.379 e. The Kier molecular flexibility index (Phi) is 1.93. The van der Waals surface area contributed by atoms with E-state index in [4.69, 9.17) is 4.74 Å². The van der Waals surface area contributed by atoms with E-state index >= 15 is 0 Å². The SMILES string of the molecule is CCC1(n2cccc2)CCOC1. The van der Waals surface area contributed by atoms with Crippen molar-refractivity contribution in [2.75, 3.05) is 13.2 Å². The molecule has 0 bridgehead atoms. The minimum atomic E-state index is 0.253. The number of rotatable bonds is 2. The number of aromatic nitrogens is 1. The molecule has 1 atom stereocenters. The third-order valence-corrected chi connectivity index (χ3v) is 2.89. The van der Waals surface area contributed by atoms with Gasteiger partial charge in [-0.2, -0.15) is 0 Å². The summed E-state index contributed by atoms with van der Waals surface area (Å²) in [4.78, 5) is 0. The summed E-state index contributed by atoms with van der Waals surface area (Å²) < 4.78 is 7.75. The van der Waals surface area contributed by atoms with Crippen LogP contribution in [0.4, 0.5) is 0 Å². The van der Waals surface area contributed by atoms with Gasteiger partial charge in [-0.1, -0.05) is 6.92 Å². The number of hydrogen-bond donors (Lipinski definition) is 0. The Labute approximate surface area is 73.1 Å². The summed E-state index contributed by atoms with van der Waals surface area (Å²) in [6, 6.07) is 4.16. The Hall–Kier alpha value is -0.760. The van der Waals surface area contributed by atoms with Crippen LogP contribution in [0, 0.1) is 0 Å². The van der Waals surface area contributed by atoms with E-state index in [0.29, 0.717) is 0 Å². The van der Waals surface area contributed by atoms with E-state index in [1.807, 2.05) is 0 Å². The Balaban J connectivity index is 2.28. The second-order valence-corrected chi connectivity index (χ2v) is 3.47. The van der Waals surface area contributed by atoms with Crippen LogP contribution in [-0.2, 0) is 10.3 Å². The summed E-state index contributed by atoms with van der Waals surface area (Å²) in [7, 11) is 0. The third kappa shape index (κ3) is 1.07. The molecule has 1 aliphatic rings. The van der Waals surface area contributed by atoms with E-state index in [1.54, 1.807) is 0 Å². The van der Waals surface area contributed by atoms with E-state index in [-0.39, 0.29) is 5.54 Å². The van der Waals surface area contributed by atoms with E-state index < -0.39 is 0 Å². The van der Waals surface area contributed by atoms with Gasteiger partial charge in [0.2, 0.25) is 0 Å². The first-order chi connectivity index (χ1) is 5.87. The molecular weight excluding hydrogens is 150 g/mol. The molecule has 0 saturated carbocycles. The monoisotopic (exact) mass is 165 g/mol. The topological polar surface area (TPSA) is 14.2 Å². The molecule has 66 valence electrons.